The van der Waals surface area contributed by atoms with Crippen LogP contribution >= 0.6 is 0 Å². The molecule has 0 aliphatic carbocycles. The van der Waals surface area contributed by atoms with Gasteiger partial charge in [0, 0.05) is 18.9 Å². The average molecular weight is 269 g/mol. The van der Waals surface area contributed by atoms with E-state index in [0.717, 1.165) is 23.2 Å². The molecule has 0 radical (unpaired) electrons. The average Bonchev–Trinajstić information content (AvgIpc) is 2.49. The number of hydrogen-bond donors (Lipinski definition) is 2. The van der Waals surface area contributed by atoms with Gasteiger partial charge in [0.15, 0.2) is 0 Å². The van der Waals surface area contributed by atoms with E-state index in [2.05, 4.69) is 22.5 Å². The van der Waals surface area contributed by atoms with Crippen LogP contribution in [0.4, 0.5) is 11.5 Å². The Kier molecular flexibility index (Phi) is 4.35. The fourth-order valence-electron chi connectivity index (χ4n) is 2.17. The molecule has 0 aliphatic rings. The fourth-order valence-corrected chi connectivity index (χ4v) is 2.17. The number of rotatable bonds is 4. The Morgan fingerprint density at radius 2 is 2.05 bits per heavy atom. The predicted molar refractivity (Wildman–Crippen MR) is 82.3 cm³/mol. The van der Waals surface area contributed by atoms with Crippen LogP contribution in [0.3, 0.4) is 0 Å². The first kappa shape index (κ1) is 14.1. The van der Waals surface area contributed by atoms with E-state index in [9.17, 15) is 4.79 Å². The van der Waals surface area contributed by atoms with Gasteiger partial charge in [0.2, 0.25) is 0 Å². The SMILES string of the molecule is CCc1cccc(C)c1NC(=O)c1cccnc1NC. The second kappa shape index (κ2) is 6.19. The normalized spacial score (nSPS) is 10.2. The third kappa shape index (κ3) is 2.79. The standard InChI is InChI=1S/C16H19N3O/c1-4-12-8-5-7-11(2)14(12)19-16(20)13-9-6-10-18-15(13)17-3/h5-10H,4H2,1-3H3,(H,17,18)(H,19,20). The summed E-state index contributed by atoms with van der Waals surface area (Å²) in [4.78, 5) is 16.6. The number of pyridine rings is 1. The Bertz CT molecular complexity index is 623. The molecule has 2 N–H and O–H groups in total. The summed E-state index contributed by atoms with van der Waals surface area (Å²) in [5.74, 6) is 0.433. The van der Waals surface area contributed by atoms with Crippen LogP contribution < -0.4 is 10.6 Å². The summed E-state index contributed by atoms with van der Waals surface area (Å²) < 4.78 is 0. The number of carbonyl (C=O) groups is 1. The second-order valence-corrected chi connectivity index (χ2v) is 4.57. The van der Waals surface area contributed by atoms with Crippen LogP contribution in [0.2, 0.25) is 0 Å². The lowest BCUT2D eigenvalue weighted by Crippen LogP contribution is -2.16. The monoisotopic (exact) mass is 269 g/mol. The Labute approximate surface area is 119 Å². The van der Waals surface area contributed by atoms with Gasteiger partial charge in [-0.15, -0.1) is 0 Å². The van der Waals surface area contributed by atoms with Gasteiger partial charge >= 0.3 is 0 Å². The molecule has 0 atom stereocenters. The van der Waals surface area contributed by atoms with Crippen molar-refractivity contribution in [3.63, 3.8) is 0 Å². The van der Waals surface area contributed by atoms with E-state index in [-0.39, 0.29) is 5.91 Å². The number of nitrogens with zero attached hydrogens (tertiary/aromatic N) is 1. The second-order valence-electron chi connectivity index (χ2n) is 4.57. The van der Waals surface area contributed by atoms with E-state index < -0.39 is 0 Å². The molecule has 1 heterocycles. The van der Waals surface area contributed by atoms with Crippen molar-refractivity contribution in [1.82, 2.24) is 4.98 Å². The number of hydrogen-bond acceptors (Lipinski definition) is 3. The first-order valence-electron chi connectivity index (χ1n) is 6.70. The summed E-state index contributed by atoms with van der Waals surface area (Å²) in [6.45, 7) is 4.07. The zero-order chi connectivity index (χ0) is 14.5. The third-order valence-electron chi connectivity index (χ3n) is 3.27. The van der Waals surface area contributed by atoms with Crippen LogP contribution in [-0.2, 0) is 6.42 Å². The van der Waals surface area contributed by atoms with Crippen LogP contribution in [0.25, 0.3) is 0 Å². The molecule has 20 heavy (non-hydrogen) atoms. The molecule has 1 amide bonds. The van der Waals surface area contributed by atoms with Crippen LogP contribution in [0.15, 0.2) is 36.5 Å². The highest BCUT2D eigenvalue weighted by Crippen LogP contribution is 2.22. The topological polar surface area (TPSA) is 54.0 Å². The first-order valence-corrected chi connectivity index (χ1v) is 6.70. The third-order valence-corrected chi connectivity index (χ3v) is 3.27. The molecular weight excluding hydrogens is 250 g/mol. The molecule has 1 aromatic carbocycles. The maximum Gasteiger partial charge on any atom is 0.259 e. The van der Waals surface area contributed by atoms with E-state index >= 15 is 0 Å². The van der Waals surface area contributed by atoms with Gasteiger partial charge in [-0.3, -0.25) is 4.79 Å². The molecule has 0 aliphatic heterocycles. The number of nitrogens with one attached hydrogen (secondary N) is 2. The highest BCUT2D eigenvalue weighted by Gasteiger charge is 2.14. The molecule has 0 spiro atoms. The quantitative estimate of drug-likeness (QED) is 0.895. The summed E-state index contributed by atoms with van der Waals surface area (Å²) in [5, 5.41) is 5.94. The van der Waals surface area contributed by atoms with Crippen molar-refractivity contribution in [2.75, 3.05) is 17.7 Å². The number of aryl methyl sites for hydroxylation is 2. The highest BCUT2D eigenvalue weighted by atomic mass is 16.1. The van der Waals surface area contributed by atoms with Gasteiger partial charge in [-0.1, -0.05) is 25.1 Å². The molecule has 2 aromatic rings. The first-order chi connectivity index (χ1) is 9.67. The lowest BCUT2D eigenvalue weighted by molar-refractivity contribution is 0.102. The van der Waals surface area contributed by atoms with Gasteiger partial charge in [-0.25, -0.2) is 4.98 Å². The molecule has 0 bridgehead atoms. The maximum atomic E-state index is 12.4. The minimum absolute atomic E-state index is 0.147. The van der Waals surface area contributed by atoms with Gasteiger partial charge in [0.1, 0.15) is 5.82 Å². The van der Waals surface area contributed by atoms with Gasteiger partial charge in [0.25, 0.3) is 5.91 Å². The van der Waals surface area contributed by atoms with Crippen LogP contribution in [-0.4, -0.2) is 17.9 Å². The predicted octanol–water partition coefficient (Wildman–Crippen LogP) is 3.25. The summed E-state index contributed by atoms with van der Waals surface area (Å²) in [5.41, 5.74) is 3.63. The smallest absolute Gasteiger partial charge is 0.259 e. The number of amides is 1. The number of carbonyl (C=O) groups excluding carboxylic acids is 1. The lowest BCUT2D eigenvalue weighted by Gasteiger charge is -2.14. The van der Waals surface area contributed by atoms with E-state index in [0.29, 0.717) is 11.4 Å². The Balaban J connectivity index is 2.33. The summed E-state index contributed by atoms with van der Waals surface area (Å²) in [6.07, 6.45) is 2.54. The minimum atomic E-state index is -0.147. The summed E-state index contributed by atoms with van der Waals surface area (Å²) >= 11 is 0. The van der Waals surface area contributed by atoms with Crippen molar-refractivity contribution < 1.29 is 4.79 Å². The zero-order valence-electron chi connectivity index (χ0n) is 12.0. The van der Waals surface area contributed by atoms with Crippen molar-refractivity contribution >= 4 is 17.4 Å². The highest BCUT2D eigenvalue weighted by molar-refractivity contribution is 6.08. The molecule has 0 saturated carbocycles. The van der Waals surface area contributed by atoms with E-state index in [1.807, 2.05) is 25.1 Å². The van der Waals surface area contributed by atoms with Crippen molar-refractivity contribution in [1.29, 1.82) is 0 Å². The molecule has 0 fully saturated rings. The molecular formula is C16H19N3O. The van der Waals surface area contributed by atoms with E-state index in [1.165, 1.54) is 0 Å². The van der Waals surface area contributed by atoms with Crippen molar-refractivity contribution in [3.05, 3.63) is 53.2 Å². The number of benzene rings is 1. The minimum Gasteiger partial charge on any atom is -0.372 e. The maximum absolute atomic E-state index is 12.4. The molecule has 0 saturated heterocycles. The fraction of sp³-hybridized carbons (Fsp3) is 0.250. The van der Waals surface area contributed by atoms with Gasteiger partial charge in [0.05, 0.1) is 5.56 Å². The van der Waals surface area contributed by atoms with Gasteiger partial charge in [-0.05, 0) is 36.6 Å². The van der Waals surface area contributed by atoms with E-state index in [1.54, 1.807) is 25.4 Å². The van der Waals surface area contributed by atoms with Crippen LogP contribution in [0.5, 0.6) is 0 Å². The molecule has 0 unspecified atom stereocenters. The molecule has 104 valence electrons. The number of aromatic nitrogens is 1. The Hall–Kier alpha value is -2.36. The molecule has 2 rings (SSSR count). The lowest BCUT2D eigenvalue weighted by atomic mass is 10.1. The van der Waals surface area contributed by atoms with Crippen molar-refractivity contribution in [3.8, 4) is 0 Å². The summed E-state index contributed by atoms with van der Waals surface area (Å²) in [7, 11) is 1.75. The Morgan fingerprint density at radius 1 is 1.25 bits per heavy atom. The van der Waals surface area contributed by atoms with Crippen LogP contribution in [0.1, 0.15) is 28.4 Å². The number of para-hydroxylation sites is 1. The molecule has 4 heteroatoms. The van der Waals surface area contributed by atoms with Crippen molar-refractivity contribution in [2.45, 2.75) is 20.3 Å². The summed E-state index contributed by atoms with van der Waals surface area (Å²) in [6, 6.07) is 9.56. The largest absolute Gasteiger partial charge is 0.372 e. The van der Waals surface area contributed by atoms with Gasteiger partial charge < -0.3 is 10.6 Å². The van der Waals surface area contributed by atoms with Crippen molar-refractivity contribution in [2.24, 2.45) is 0 Å². The molecule has 4 nitrogen and oxygen atoms in total. The number of anilines is 2. The van der Waals surface area contributed by atoms with E-state index in [4.69, 9.17) is 0 Å². The van der Waals surface area contributed by atoms with Crippen LogP contribution in [0, 0.1) is 6.92 Å². The Morgan fingerprint density at radius 3 is 2.75 bits per heavy atom. The van der Waals surface area contributed by atoms with Gasteiger partial charge in [-0.2, -0.15) is 0 Å². The molecule has 1 aromatic heterocycles. The zero-order valence-corrected chi connectivity index (χ0v) is 12.0.